The van der Waals surface area contributed by atoms with Crippen LogP contribution in [-0.4, -0.2) is 23.1 Å². The molecule has 0 aliphatic heterocycles. The summed E-state index contributed by atoms with van der Waals surface area (Å²) in [5.41, 5.74) is 0.534. The third-order valence-electron chi connectivity index (χ3n) is 3.19. The number of rotatable bonds is 6. The molecule has 0 amide bonds. The number of aromatic nitrogens is 2. The molecule has 0 unspecified atom stereocenters. The fourth-order valence-electron chi connectivity index (χ4n) is 2.00. The second kappa shape index (κ2) is 5.86. The van der Waals surface area contributed by atoms with Gasteiger partial charge in [0.2, 0.25) is 0 Å². The fourth-order valence-corrected chi connectivity index (χ4v) is 2.00. The number of anilines is 1. The van der Waals surface area contributed by atoms with Crippen LogP contribution in [0.2, 0.25) is 0 Å². The zero-order valence-electron chi connectivity index (χ0n) is 11.1. The van der Waals surface area contributed by atoms with E-state index in [4.69, 9.17) is 4.74 Å². The van der Waals surface area contributed by atoms with Gasteiger partial charge in [-0.2, -0.15) is 0 Å². The lowest BCUT2D eigenvalue weighted by Crippen LogP contribution is -2.14. The minimum atomic E-state index is -0.324. The standard InChI is InChI=1S/C15H16FN3O/c16-13-14(11-6-7-11)18-10-19-15(13)17-8-9-20-12-4-2-1-3-5-12/h1-5,10-11H,6-9H2,(H,17,18,19). The lowest BCUT2D eigenvalue weighted by Gasteiger charge is -2.09. The molecule has 0 saturated heterocycles. The van der Waals surface area contributed by atoms with Crippen LogP contribution in [0.3, 0.4) is 0 Å². The number of hydrogen-bond acceptors (Lipinski definition) is 4. The second-order valence-electron chi connectivity index (χ2n) is 4.78. The van der Waals surface area contributed by atoms with Crippen molar-refractivity contribution in [2.75, 3.05) is 18.5 Å². The highest BCUT2D eigenvalue weighted by atomic mass is 19.1. The maximum Gasteiger partial charge on any atom is 0.187 e. The van der Waals surface area contributed by atoms with Gasteiger partial charge in [0, 0.05) is 5.92 Å². The van der Waals surface area contributed by atoms with Gasteiger partial charge >= 0.3 is 0 Å². The summed E-state index contributed by atoms with van der Waals surface area (Å²) in [6.07, 6.45) is 3.45. The first kappa shape index (κ1) is 12.8. The Balaban J connectivity index is 1.52. The number of para-hydroxylation sites is 1. The van der Waals surface area contributed by atoms with Crippen molar-refractivity contribution in [2.45, 2.75) is 18.8 Å². The average Bonchev–Trinajstić information content (AvgIpc) is 3.31. The van der Waals surface area contributed by atoms with Crippen molar-refractivity contribution in [3.8, 4) is 5.75 Å². The Morgan fingerprint density at radius 2 is 2.00 bits per heavy atom. The highest BCUT2D eigenvalue weighted by molar-refractivity contribution is 5.39. The van der Waals surface area contributed by atoms with Gasteiger partial charge in [-0.05, 0) is 25.0 Å². The van der Waals surface area contributed by atoms with Crippen molar-refractivity contribution in [3.63, 3.8) is 0 Å². The Kier molecular flexibility index (Phi) is 3.76. The van der Waals surface area contributed by atoms with Gasteiger partial charge in [0.1, 0.15) is 18.7 Å². The minimum Gasteiger partial charge on any atom is -0.492 e. The topological polar surface area (TPSA) is 47.0 Å². The molecule has 1 aromatic carbocycles. The van der Waals surface area contributed by atoms with E-state index in [0.29, 0.717) is 18.8 Å². The summed E-state index contributed by atoms with van der Waals surface area (Å²) in [5, 5.41) is 2.96. The van der Waals surface area contributed by atoms with Crippen LogP contribution in [0.1, 0.15) is 24.5 Å². The number of nitrogens with one attached hydrogen (secondary N) is 1. The number of hydrogen-bond donors (Lipinski definition) is 1. The van der Waals surface area contributed by atoms with Crippen LogP contribution >= 0.6 is 0 Å². The normalized spacial score (nSPS) is 14.1. The fraction of sp³-hybridized carbons (Fsp3) is 0.333. The summed E-state index contributed by atoms with van der Waals surface area (Å²) in [5.74, 6) is 1.02. The number of ether oxygens (including phenoxy) is 1. The molecule has 104 valence electrons. The van der Waals surface area contributed by atoms with Gasteiger partial charge in [0.25, 0.3) is 0 Å². The molecule has 4 nitrogen and oxygen atoms in total. The maximum atomic E-state index is 14.1. The molecular weight excluding hydrogens is 257 g/mol. The molecule has 3 rings (SSSR count). The Labute approximate surface area is 117 Å². The summed E-state index contributed by atoms with van der Waals surface area (Å²) < 4.78 is 19.6. The molecule has 5 heteroatoms. The van der Waals surface area contributed by atoms with Crippen molar-refractivity contribution in [1.82, 2.24) is 9.97 Å². The molecule has 0 radical (unpaired) electrons. The van der Waals surface area contributed by atoms with E-state index in [1.807, 2.05) is 30.3 Å². The van der Waals surface area contributed by atoms with Crippen LogP contribution in [0.5, 0.6) is 5.75 Å². The SMILES string of the molecule is Fc1c(NCCOc2ccccc2)ncnc1C1CC1. The molecule has 1 fully saturated rings. The summed E-state index contributed by atoms with van der Waals surface area (Å²) in [6, 6.07) is 9.53. The first-order valence-electron chi connectivity index (χ1n) is 6.76. The molecule has 0 bridgehead atoms. The summed E-state index contributed by atoms with van der Waals surface area (Å²) in [7, 11) is 0. The largest absolute Gasteiger partial charge is 0.492 e. The zero-order chi connectivity index (χ0) is 13.8. The number of nitrogens with zero attached hydrogens (tertiary/aromatic N) is 2. The molecule has 1 N–H and O–H groups in total. The van der Waals surface area contributed by atoms with E-state index >= 15 is 0 Å². The monoisotopic (exact) mass is 273 g/mol. The zero-order valence-corrected chi connectivity index (χ0v) is 11.1. The average molecular weight is 273 g/mol. The van der Waals surface area contributed by atoms with Crippen molar-refractivity contribution < 1.29 is 9.13 Å². The Morgan fingerprint density at radius 1 is 1.20 bits per heavy atom. The first-order valence-corrected chi connectivity index (χ1v) is 6.76. The molecule has 1 aliphatic rings. The molecular formula is C15H16FN3O. The van der Waals surface area contributed by atoms with E-state index in [1.54, 1.807) is 0 Å². The predicted molar refractivity (Wildman–Crippen MR) is 74.4 cm³/mol. The van der Waals surface area contributed by atoms with Crippen LogP contribution in [0.4, 0.5) is 10.2 Å². The van der Waals surface area contributed by atoms with E-state index in [-0.39, 0.29) is 17.6 Å². The summed E-state index contributed by atoms with van der Waals surface area (Å²) >= 11 is 0. The summed E-state index contributed by atoms with van der Waals surface area (Å²) in [4.78, 5) is 7.96. The molecule has 1 aliphatic carbocycles. The van der Waals surface area contributed by atoms with Crippen molar-refractivity contribution in [3.05, 3.63) is 48.2 Å². The smallest absolute Gasteiger partial charge is 0.187 e. The predicted octanol–water partition coefficient (Wildman–Crippen LogP) is 2.98. The minimum absolute atomic E-state index is 0.263. The van der Waals surface area contributed by atoms with E-state index in [9.17, 15) is 4.39 Å². The van der Waals surface area contributed by atoms with Crippen LogP contribution in [-0.2, 0) is 0 Å². The van der Waals surface area contributed by atoms with Gasteiger partial charge in [-0.1, -0.05) is 18.2 Å². The van der Waals surface area contributed by atoms with E-state index in [2.05, 4.69) is 15.3 Å². The Bertz CT molecular complexity index is 573. The van der Waals surface area contributed by atoms with E-state index in [1.165, 1.54) is 6.33 Å². The summed E-state index contributed by atoms with van der Waals surface area (Å²) in [6.45, 7) is 0.944. The Hall–Kier alpha value is -2.17. The van der Waals surface area contributed by atoms with E-state index < -0.39 is 0 Å². The van der Waals surface area contributed by atoms with Crippen LogP contribution in [0.15, 0.2) is 36.7 Å². The molecule has 0 spiro atoms. The molecule has 2 aromatic rings. The number of halogens is 1. The number of benzene rings is 1. The van der Waals surface area contributed by atoms with Gasteiger partial charge in [-0.15, -0.1) is 0 Å². The van der Waals surface area contributed by atoms with Crippen molar-refractivity contribution >= 4 is 5.82 Å². The Morgan fingerprint density at radius 3 is 2.75 bits per heavy atom. The van der Waals surface area contributed by atoms with Gasteiger partial charge in [-0.25, -0.2) is 14.4 Å². The van der Waals surface area contributed by atoms with E-state index in [0.717, 1.165) is 18.6 Å². The van der Waals surface area contributed by atoms with Gasteiger partial charge in [-0.3, -0.25) is 0 Å². The van der Waals surface area contributed by atoms with Crippen LogP contribution in [0.25, 0.3) is 0 Å². The second-order valence-corrected chi connectivity index (χ2v) is 4.78. The lowest BCUT2D eigenvalue weighted by atomic mass is 10.2. The van der Waals surface area contributed by atoms with Gasteiger partial charge in [0.05, 0.1) is 12.2 Å². The van der Waals surface area contributed by atoms with Gasteiger partial charge in [0.15, 0.2) is 11.6 Å². The molecule has 1 saturated carbocycles. The first-order chi connectivity index (χ1) is 9.84. The van der Waals surface area contributed by atoms with Crippen molar-refractivity contribution in [1.29, 1.82) is 0 Å². The third-order valence-corrected chi connectivity index (χ3v) is 3.19. The van der Waals surface area contributed by atoms with Gasteiger partial charge < -0.3 is 10.1 Å². The van der Waals surface area contributed by atoms with Crippen molar-refractivity contribution in [2.24, 2.45) is 0 Å². The highest BCUT2D eigenvalue weighted by Gasteiger charge is 2.29. The van der Waals surface area contributed by atoms with Crippen LogP contribution < -0.4 is 10.1 Å². The molecule has 1 heterocycles. The quantitative estimate of drug-likeness (QED) is 0.822. The van der Waals surface area contributed by atoms with Crippen LogP contribution in [0, 0.1) is 5.82 Å². The third kappa shape index (κ3) is 3.04. The maximum absolute atomic E-state index is 14.1. The lowest BCUT2D eigenvalue weighted by molar-refractivity contribution is 0.332. The molecule has 0 atom stereocenters. The molecule has 1 aromatic heterocycles. The highest BCUT2D eigenvalue weighted by Crippen LogP contribution is 2.40. The molecule has 20 heavy (non-hydrogen) atoms.